The van der Waals surface area contributed by atoms with Crippen molar-refractivity contribution in [2.24, 2.45) is 0 Å². The topological polar surface area (TPSA) is 103 Å². The first-order valence-corrected chi connectivity index (χ1v) is 12.6. The van der Waals surface area contributed by atoms with E-state index in [1.165, 1.54) is 11.3 Å². The van der Waals surface area contributed by atoms with Gasteiger partial charge in [0.15, 0.2) is 5.82 Å². The zero-order valence-corrected chi connectivity index (χ0v) is 21.5. The first-order chi connectivity index (χ1) is 17.4. The Morgan fingerprint density at radius 3 is 2.25 bits per heavy atom. The van der Waals surface area contributed by atoms with Gasteiger partial charge in [0.25, 0.3) is 0 Å². The maximum Gasteiger partial charge on any atom is 0.328 e. The van der Waals surface area contributed by atoms with Crippen LogP contribution in [0.25, 0.3) is 21.3 Å². The molecule has 0 fully saturated rings. The number of thiophene rings is 1. The van der Waals surface area contributed by atoms with Gasteiger partial charge in [-0.1, -0.05) is 36.4 Å². The molecule has 4 rings (SSSR count). The Labute approximate surface area is 213 Å². The molecule has 0 atom stereocenters. The van der Waals surface area contributed by atoms with E-state index in [2.05, 4.69) is 15.3 Å². The van der Waals surface area contributed by atoms with Crippen LogP contribution in [-0.2, 0) is 25.6 Å². The molecule has 9 heteroatoms. The standard InChI is InChI=1S/C27H28N4O4S/c1-5-34-26(32)22(27(33)35-6-2)24-30-23(28-15-19-14-10-11-16(3)29-19)21-20(17(4)36-25(21)31-24)18-12-8-7-9-13-18/h7-14,22H,5-6,15H2,1-4H3,(H,28,30,31). The second kappa shape index (κ2) is 11.3. The van der Waals surface area contributed by atoms with E-state index in [1.54, 1.807) is 13.8 Å². The second-order valence-corrected chi connectivity index (χ2v) is 9.27. The normalized spacial score (nSPS) is 11.0. The molecule has 0 bridgehead atoms. The maximum absolute atomic E-state index is 12.8. The number of hydrogen-bond donors (Lipinski definition) is 1. The summed E-state index contributed by atoms with van der Waals surface area (Å²) in [7, 11) is 0. The molecule has 0 saturated carbocycles. The highest BCUT2D eigenvalue weighted by Crippen LogP contribution is 2.41. The van der Waals surface area contributed by atoms with Crippen molar-refractivity contribution in [1.29, 1.82) is 0 Å². The van der Waals surface area contributed by atoms with Gasteiger partial charge in [0.05, 0.1) is 30.8 Å². The molecule has 0 saturated heterocycles. The van der Waals surface area contributed by atoms with E-state index in [1.807, 2.05) is 62.4 Å². The molecular weight excluding hydrogens is 476 g/mol. The number of aromatic nitrogens is 3. The van der Waals surface area contributed by atoms with Crippen LogP contribution in [0.1, 0.15) is 41.9 Å². The third-order valence-corrected chi connectivity index (χ3v) is 6.49. The van der Waals surface area contributed by atoms with Crippen LogP contribution >= 0.6 is 11.3 Å². The summed E-state index contributed by atoms with van der Waals surface area (Å²) >= 11 is 1.48. The van der Waals surface area contributed by atoms with Crippen molar-refractivity contribution in [2.75, 3.05) is 18.5 Å². The summed E-state index contributed by atoms with van der Waals surface area (Å²) in [5.41, 5.74) is 3.78. The van der Waals surface area contributed by atoms with Gasteiger partial charge in [0.1, 0.15) is 10.6 Å². The number of ether oxygens (including phenoxy) is 2. The van der Waals surface area contributed by atoms with E-state index in [0.717, 1.165) is 32.8 Å². The molecule has 36 heavy (non-hydrogen) atoms. The Balaban J connectivity index is 1.88. The molecule has 0 radical (unpaired) electrons. The summed E-state index contributed by atoms with van der Waals surface area (Å²) < 4.78 is 10.3. The molecule has 0 unspecified atom stereocenters. The minimum atomic E-state index is -1.38. The molecule has 0 spiro atoms. The van der Waals surface area contributed by atoms with Crippen LogP contribution in [0, 0.1) is 13.8 Å². The summed E-state index contributed by atoms with van der Waals surface area (Å²) in [6.07, 6.45) is 0. The third kappa shape index (κ3) is 5.36. The summed E-state index contributed by atoms with van der Waals surface area (Å²) in [6, 6.07) is 15.8. The average Bonchev–Trinajstić information content (AvgIpc) is 3.19. The molecule has 3 aromatic heterocycles. The molecule has 8 nitrogen and oxygen atoms in total. The van der Waals surface area contributed by atoms with E-state index < -0.39 is 17.9 Å². The van der Waals surface area contributed by atoms with Crippen molar-refractivity contribution >= 4 is 39.3 Å². The number of pyridine rings is 1. The molecule has 0 aliphatic heterocycles. The number of rotatable bonds is 9. The maximum atomic E-state index is 12.8. The number of carbonyl (C=O) groups is 2. The number of nitrogens with one attached hydrogen (secondary N) is 1. The van der Waals surface area contributed by atoms with Gasteiger partial charge in [0, 0.05) is 16.1 Å². The lowest BCUT2D eigenvalue weighted by atomic mass is 10.0. The second-order valence-electron chi connectivity index (χ2n) is 8.07. The molecule has 1 N–H and O–H groups in total. The molecule has 4 aromatic rings. The number of nitrogens with zero attached hydrogens (tertiary/aromatic N) is 3. The summed E-state index contributed by atoms with van der Waals surface area (Å²) in [4.78, 5) is 41.2. The predicted molar refractivity (Wildman–Crippen MR) is 140 cm³/mol. The van der Waals surface area contributed by atoms with Crippen LogP contribution in [0.15, 0.2) is 48.5 Å². The van der Waals surface area contributed by atoms with Gasteiger partial charge in [-0.05, 0) is 45.4 Å². The molecule has 186 valence electrons. The van der Waals surface area contributed by atoms with E-state index in [9.17, 15) is 9.59 Å². The zero-order valence-electron chi connectivity index (χ0n) is 20.7. The van der Waals surface area contributed by atoms with Crippen LogP contribution in [-0.4, -0.2) is 40.1 Å². The van der Waals surface area contributed by atoms with E-state index in [4.69, 9.17) is 14.5 Å². The summed E-state index contributed by atoms with van der Waals surface area (Å²) in [5.74, 6) is -2.30. The number of carbonyl (C=O) groups excluding carboxylic acids is 2. The lowest BCUT2D eigenvalue weighted by Gasteiger charge is -2.16. The average molecular weight is 505 g/mol. The smallest absolute Gasteiger partial charge is 0.328 e. The van der Waals surface area contributed by atoms with Crippen molar-refractivity contribution < 1.29 is 19.1 Å². The quantitative estimate of drug-likeness (QED) is 0.245. The fourth-order valence-corrected chi connectivity index (χ4v) is 5.02. The van der Waals surface area contributed by atoms with Gasteiger partial charge in [0.2, 0.25) is 5.92 Å². The molecular formula is C27H28N4O4S. The Bertz CT molecular complexity index is 1370. The number of anilines is 1. The van der Waals surface area contributed by atoms with Gasteiger partial charge in [-0.15, -0.1) is 11.3 Å². The summed E-state index contributed by atoms with van der Waals surface area (Å²) in [5, 5.41) is 4.21. The Morgan fingerprint density at radius 2 is 1.61 bits per heavy atom. The number of benzene rings is 1. The van der Waals surface area contributed by atoms with Crippen LogP contribution in [0.4, 0.5) is 5.82 Å². The lowest BCUT2D eigenvalue weighted by molar-refractivity contribution is -0.157. The Hall–Kier alpha value is -3.85. The van der Waals surface area contributed by atoms with Crippen molar-refractivity contribution in [3.8, 4) is 11.1 Å². The minimum Gasteiger partial charge on any atom is -0.465 e. The van der Waals surface area contributed by atoms with E-state index >= 15 is 0 Å². The van der Waals surface area contributed by atoms with Gasteiger partial charge < -0.3 is 14.8 Å². The first-order valence-electron chi connectivity index (χ1n) is 11.8. The minimum absolute atomic E-state index is 0.0416. The van der Waals surface area contributed by atoms with Gasteiger partial charge >= 0.3 is 11.9 Å². The molecule has 3 heterocycles. The zero-order chi connectivity index (χ0) is 25.7. The monoisotopic (exact) mass is 504 g/mol. The summed E-state index contributed by atoms with van der Waals surface area (Å²) in [6.45, 7) is 7.97. The number of esters is 2. The highest BCUT2D eigenvalue weighted by atomic mass is 32.1. The number of fused-ring (bicyclic) bond motifs is 1. The van der Waals surface area contributed by atoms with E-state index in [-0.39, 0.29) is 19.0 Å². The molecule has 0 aliphatic carbocycles. The van der Waals surface area contributed by atoms with Gasteiger partial charge in [-0.2, -0.15) is 0 Å². The van der Waals surface area contributed by atoms with Crippen LogP contribution < -0.4 is 5.32 Å². The Morgan fingerprint density at radius 1 is 0.917 bits per heavy atom. The third-order valence-electron chi connectivity index (χ3n) is 5.49. The lowest BCUT2D eigenvalue weighted by Crippen LogP contribution is -2.28. The fourth-order valence-electron chi connectivity index (χ4n) is 3.97. The van der Waals surface area contributed by atoms with Crippen molar-refractivity contribution in [3.63, 3.8) is 0 Å². The number of aryl methyl sites for hydroxylation is 2. The van der Waals surface area contributed by atoms with Crippen LogP contribution in [0.5, 0.6) is 0 Å². The Kier molecular flexibility index (Phi) is 7.90. The SMILES string of the molecule is CCOC(=O)C(C(=O)OCC)c1nc(NCc2cccc(C)n2)c2c(-c3ccccc3)c(C)sc2n1. The molecule has 0 aliphatic rings. The highest BCUT2D eigenvalue weighted by molar-refractivity contribution is 7.19. The van der Waals surface area contributed by atoms with Crippen LogP contribution in [0.2, 0.25) is 0 Å². The van der Waals surface area contributed by atoms with E-state index in [0.29, 0.717) is 17.2 Å². The van der Waals surface area contributed by atoms with Gasteiger partial charge in [-0.3, -0.25) is 14.6 Å². The van der Waals surface area contributed by atoms with Crippen molar-refractivity contribution in [3.05, 3.63) is 70.6 Å². The van der Waals surface area contributed by atoms with Crippen molar-refractivity contribution in [2.45, 2.75) is 40.2 Å². The number of hydrogen-bond acceptors (Lipinski definition) is 9. The molecule has 0 amide bonds. The van der Waals surface area contributed by atoms with Crippen molar-refractivity contribution in [1.82, 2.24) is 15.0 Å². The van der Waals surface area contributed by atoms with Crippen LogP contribution in [0.3, 0.4) is 0 Å². The highest BCUT2D eigenvalue weighted by Gasteiger charge is 2.35. The fraction of sp³-hybridized carbons (Fsp3) is 0.296. The van der Waals surface area contributed by atoms with Gasteiger partial charge in [-0.25, -0.2) is 9.97 Å². The predicted octanol–water partition coefficient (Wildman–Crippen LogP) is 5.19. The first kappa shape index (κ1) is 25.2. The molecule has 1 aromatic carbocycles. The largest absolute Gasteiger partial charge is 0.465 e.